The molecule has 1 saturated heterocycles. The van der Waals surface area contributed by atoms with Crippen LogP contribution in [-0.4, -0.2) is 26.2 Å². The van der Waals surface area contributed by atoms with E-state index in [0.717, 1.165) is 11.8 Å². The van der Waals surface area contributed by atoms with Crippen LogP contribution in [0.4, 0.5) is 0 Å². The standard InChI is InChI=1S/C12H24N2/c1-10-6-13-7-11(10)8-14-9-12(2)4-3-5-12/h10-11,13-14H,3-9H2,1-2H3/t10-,11+/m1/s1. The van der Waals surface area contributed by atoms with Gasteiger partial charge in [0.15, 0.2) is 0 Å². The van der Waals surface area contributed by atoms with Crippen LogP contribution in [0.15, 0.2) is 0 Å². The molecule has 0 spiro atoms. The van der Waals surface area contributed by atoms with Gasteiger partial charge < -0.3 is 10.6 Å². The average Bonchev–Trinajstić information content (AvgIpc) is 2.49. The molecular weight excluding hydrogens is 172 g/mol. The monoisotopic (exact) mass is 196 g/mol. The van der Waals surface area contributed by atoms with Crippen LogP contribution >= 0.6 is 0 Å². The Hall–Kier alpha value is -0.0800. The maximum absolute atomic E-state index is 3.66. The summed E-state index contributed by atoms with van der Waals surface area (Å²) in [5.74, 6) is 1.72. The normalized spacial score (nSPS) is 35.6. The van der Waals surface area contributed by atoms with Crippen molar-refractivity contribution in [1.82, 2.24) is 10.6 Å². The smallest absolute Gasteiger partial charge is 0.000529 e. The fourth-order valence-electron chi connectivity index (χ4n) is 2.65. The summed E-state index contributed by atoms with van der Waals surface area (Å²) in [5.41, 5.74) is 0.634. The zero-order chi connectivity index (χ0) is 10.0. The second-order valence-corrected chi connectivity index (χ2v) is 5.69. The van der Waals surface area contributed by atoms with E-state index in [1.165, 1.54) is 45.4 Å². The van der Waals surface area contributed by atoms with Crippen LogP contribution in [0.5, 0.6) is 0 Å². The lowest BCUT2D eigenvalue weighted by Crippen LogP contribution is -2.39. The predicted octanol–water partition coefficient (Wildman–Crippen LogP) is 1.62. The van der Waals surface area contributed by atoms with Crippen molar-refractivity contribution < 1.29 is 0 Å². The molecule has 1 saturated carbocycles. The molecule has 2 atom stereocenters. The molecule has 0 unspecified atom stereocenters. The topological polar surface area (TPSA) is 24.1 Å². The summed E-state index contributed by atoms with van der Waals surface area (Å²) in [7, 11) is 0. The minimum absolute atomic E-state index is 0.634. The van der Waals surface area contributed by atoms with Gasteiger partial charge in [-0.15, -0.1) is 0 Å². The second-order valence-electron chi connectivity index (χ2n) is 5.69. The van der Waals surface area contributed by atoms with E-state index in [0.29, 0.717) is 5.41 Å². The fourth-order valence-corrected chi connectivity index (χ4v) is 2.65. The Morgan fingerprint density at radius 1 is 1.36 bits per heavy atom. The number of rotatable bonds is 4. The molecule has 1 aliphatic heterocycles. The van der Waals surface area contributed by atoms with E-state index in [4.69, 9.17) is 0 Å². The van der Waals surface area contributed by atoms with Crippen LogP contribution in [0, 0.1) is 17.3 Å². The van der Waals surface area contributed by atoms with Gasteiger partial charge in [0.2, 0.25) is 0 Å². The maximum Gasteiger partial charge on any atom is 0.000529 e. The van der Waals surface area contributed by atoms with E-state index in [-0.39, 0.29) is 0 Å². The van der Waals surface area contributed by atoms with Gasteiger partial charge in [0.05, 0.1) is 0 Å². The van der Waals surface area contributed by atoms with E-state index in [9.17, 15) is 0 Å². The minimum atomic E-state index is 0.634. The van der Waals surface area contributed by atoms with Crippen molar-refractivity contribution in [2.45, 2.75) is 33.1 Å². The Labute approximate surface area is 87.8 Å². The highest BCUT2D eigenvalue weighted by atomic mass is 15.0. The lowest BCUT2D eigenvalue weighted by molar-refractivity contribution is 0.153. The van der Waals surface area contributed by atoms with Crippen molar-refractivity contribution in [2.75, 3.05) is 26.2 Å². The third-order valence-electron chi connectivity index (χ3n) is 4.20. The van der Waals surface area contributed by atoms with Gasteiger partial charge in [0, 0.05) is 6.54 Å². The quantitative estimate of drug-likeness (QED) is 0.714. The van der Waals surface area contributed by atoms with Gasteiger partial charge in [-0.25, -0.2) is 0 Å². The van der Waals surface area contributed by atoms with Crippen molar-refractivity contribution >= 4 is 0 Å². The molecule has 1 heterocycles. The summed E-state index contributed by atoms with van der Waals surface area (Å²) < 4.78 is 0. The molecule has 82 valence electrons. The maximum atomic E-state index is 3.66. The lowest BCUT2D eigenvalue weighted by atomic mass is 9.70. The highest BCUT2D eigenvalue weighted by molar-refractivity contribution is 4.86. The average molecular weight is 196 g/mol. The van der Waals surface area contributed by atoms with Crippen molar-refractivity contribution in [3.8, 4) is 0 Å². The van der Waals surface area contributed by atoms with E-state index < -0.39 is 0 Å². The summed E-state index contributed by atoms with van der Waals surface area (Å²) in [5, 5.41) is 7.12. The highest BCUT2D eigenvalue weighted by Gasteiger charge is 2.31. The Morgan fingerprint density at radius 2 is 2.14 bits per heavy atom. The molecule has 0 amide bonds. The van der Waals surface area contributed by atoms with Gasteiger partial charge in [-0.2, -0.15) is 0 Å². The third kappa shape index (κ3) is 2.29. The molecule has 14 heavy (non-hydrogen) atoms. The molecule has 2 rings (SSSR count). The first-order valence-electron chi connectivity index (χ1n) is 6.11. The zero-order valence-electron chi connectivity index (χ0n) is 9.60. The summed E-state index contributed by atoms with van der Waals surface area (Å²) >= 11 is 0. The Kier molecular flexibility index (Phi) is 3.13. The van der Waals surface area contributed by atoms with Crippen LogP contribution in [0.3, 0.4) is 0 Å². The van der Waals surface area contributed by atoms with Gasteiger partial charge in [-0.3, -0.25) is 0 Å². The summed E-state index contributed by atoms with van der Waals surface area (Å²) in [6.45, 7) is 9.64. The Balaban J connectivity index is 1.62. The largest absolute Gasteiger partial charge is 0.316 e. The molecule has 2 nitrogen and oxygen atoms in total. The van der Waals surface area contributed by atoms with E-state index >= 15 is 0 Å². The molecule has 2 N–H and O–H groups in total. The number of hydrogen-bond acceptors (Lipinski definition) is 2. The molecule has 0 radical (unpaired) electrons. The van der Waals surface area contributed by atoms with E-state index in [1.54, 1.807) is 0 Å². The molecular formula is C12H24N2. The van der Waals surface area contributed by atoms with Crippen molar-refractivity contribution in [3.63, 3.8) is 0 Å². The first kappa shape index (κ1) is 10.4. The van der Waals surface area contributed by atoms with E-state index in [1.807, 2.05) is 0 Å². The van der Waals surface area contributed by atoms with Crippen LogP contribution in [0.25, 0.3) is 0 Å². The van der Waals surface area contributed by atoms with E-state index in [2.05, 4.69) is 24.5 Å². The molecule has 0 aromatic carbocycles. The van der Waals surface area contributed by atoms with Crippen LogP contribution in [-0.2, 0) is 0 Å². The van der Waals surface area contributed by atoms with Gasteiger partial charge in [0.25, 0.3) is 0 Å². The van der Waals surface area contributed by atoms with Crippen molar-refractivity contribution in [1.29, 1.82) is 0 Å². The second kappa shape index (κ2) is 4.19. The minimum Gasteiger partial charge on any atom is -0.316 e. The first-order valence-corrected chi connectivity index (χ1v) is 6.11. The van der Waals surface area contributed by atoms with Gasteiger partial charge >= 0.3 is 0 Å². The zero-order valence-corrected chi connectivity index (χ0v) is 9.60. The number of nitrogens with one attached hydrogen (secondary N) is 2. The fraction of sp³-hybridized carbons (Fsp3) is 1.00. The molecule has 2 fully saturated rings. The van der Waals surface area contributed by atoms with Crippen LogP contribution in [0.2, 0.25) is 0 Å². The summed E-state index contributed by atoms with van der Waals surface area (Å²) in [6.07, 6.45) is 4.30. The predicted molar refractivity (Wildman–Crippen MR) is 60.4 cm³/mol. The van der Waals surface area contributed by atoms with Gasteiger partial charge in [-0.1, -0.05) is 20.3 Å². The van der Waals surface area contributed by atoms with Gasteiger partial charge in [-0.05, 0) is 49.7 Å². The molecule has 0 aromatic heterocycles. The Morgan fingerprint density at radius 3 is 2.64 bits per heavy atom. The highest BCUT2D eigenvalue weighted by Crippen LogP contribution is 2.39. The Bertz CT molecular complexity index is 187. The van der Waals surface area contributed by atoms with Crippen molar-refractivity contribution in [3.05, 3.63) is 0 Å². The van der Waals surface area contributed by atoms with Crippen LogP contribution in [0.1, 0.15) is 33.1 Å². The van der Waals surface area contributed by atoms with Crippen LogP contribution < -0.4 is 10.6 Å². The summed E-state index contributed by atoms with van der Waals surface area (Å²) in [4.78, 5) is 0. The SMILES string of the molecule is C[C@@H]1CNC[C@H]1CNCC1(C)CCC1. The third-order valence-corrected chi connectivity index (χ3v) is 4.20. The molecule has 1 aliphatic carbocycles. The first-order chi connectivity index (χ1) is 6.70. The molecule has 0 bridgehead atoms. The summed E-state index contributed by atoms with van der Waals surface area (Å²) in [6, 6.07) is 0. The van der Waals surface area contributed by atoms with Gasteiger partial charge in [0.1, 0.15) is 0 Å². The molecule has 0 aromatic rings. The lowest BCUT2D eigenvalue weighted by Gasteiger charge is -2.39. The number of hydrogen-bond donors (Lipinski definition) is 2. The van der Waals surface area contributed by atoms with Crippen molar-refractivity contribution in [2.24, 2.45) is 17.3 Å². The molecule has 2 heteroatoms. The molecule has 2 aliphatic rings.